The second-order valence-corrected chi connectivity index (χ2v) is 5.33. The Labute approximate surface area is 122 Å². The Balaban J connectivity index is 1.81. The monoisotopic (exact) mass is 284 g/mol. The summed E-state index contributed by atoms with van der Waals surface area (Å²) in [5.74, 6) is -1.54. The SMILES string of the molecule is C=CCN1C(=O)C(=O)N(Cc2ccc3c(c2)CCC3)C1=O. The van der Waals surface area contributed by atoms with E-state index in [-0.39, 0.29) is 13.1 Å². The Morgan fingerprint density at radius 2 is 1.76 bits per heavy atom. The molecule has 0 atom stereocenters. The molecule has 1 aromatic carbocycles. The average molecular weight is 284 g/mol. The van der Waals surface area contributed by atoms with Gasteiger partial charge in [0.15, 0.2) is 0 Å². The van der Waals surface area contributed by atoms with E-state index in [1.54, 1.807) is 0 Å². The molecule has 0 unspecified atom stereocenters. The summed E-state index contributed by atoms with van der Waals surface area (Å²) >= 11 is 0. The lowest BCUT2D eigenvalue weighted by Gasteiger charge is -2.15. The largest absolute Gasteiger partial charge is 0.334 e. The van der Waals surface area contributed by atoms with Gasteiger partial charge in [0.2, 0.25) is 0 Å². The number of rotatable bonds is 4. The van der Waals surface area contributed by atoms with Crippen molar-refractivity contribution < 1.29 is 14.4 Å². The maximum absolute atomic E-state index is 12.1. The molecule has 3 rings (SSSR count). The molecule has 1 aliphatic heterocycles. The summed E-state index contributed by atoms with van der Waals surface area (Å²) in [6.07, 6.45) is 4.70. The van der Waals surface area contributed by atoms with E-state index < -0.39 is 17.8 Å². The van der Waals surface area contributed by atoms with Gasteiger partial charge in [0, 0.05) is 6.54 Å². The summed E-state index contributed by atoms with van der Waals surface area (Å²) in [5, 5.41) is 0. The summed E-state index contributed by atoms with van der Waals surface area (Å²) < 4.78 is 0. The molecular weight excluding hydrogens is 268 g/mol. The number of hydrogen-bond donors (Lipinski definition) is 0. The molecule has 1 saturated heterocycles. The van der Waals surface area contributed by atoms with Crippen LogP contribution in [-0.4, -0.2) is 34.2 Å². The van der Waals surface area contributed by atoms with Crippen LogP contribution in [0.25, 0.3) is 0 Å². The number of urea groups is 1. The van der Waals surface area contributed by atoms with E-state index in [2.05, 4.69) is 6.58 Å². The Bertz CT molecular complexity index is 651. The predicted molar refractivity (Wildman–Crippen MR) is 76.3 cm³/mol. The molecule has 0 bridgehead atoms. The van der Waals surface area contributed by atoms with Gasteiger partial charge in [0.1, 0.15) is 0 Å². The number of carbonyl (C=O) groups excluding carboxylic acids is 3. The van der Waals surface area contributed by atoms with Crippen molar-refractivity contribution in [3.05, 3.63) is 47.5 Å². The average Bonchev–Trinajstić information content (AvgIpc) is 3.02. The van der Waals surface area contributed by atoms with Gasteiger partial charge in [-0.05, 0) is 36.0 Å². The maximum Gasteiger partial charge on any atom is 0.334 e. The van der Waals surface area contributed by atoms with Crippen LogP contribution in [0, 0.1) is 0 Å². The molecule has 5 heteroatoms. The van der Waals surface area contributed by atoms with Crippen molar-refractivity contribution in [3.63, 3.8) is 0 Å². The molecule has 1 fully saturated rings. The molecule has 0 spiro atoms. The highest BCUT2D eigenvalue weighted by molar-refractivity contribution is 6.44. The van der Waals surface area contributed by atoms with E-state index in [1.165, 1.54) is 17.2 Å². The number of benzene rings is 1. The minimum atomic E-state index is -0.777. The van der Waals surface area contributed by atoms with Crippen LogP contribution in [0.4, 0.5) is 4.79 Å². The van der Waals surface area contributed by atoms with Crippen molar-refractivity contribution in [3.8, 4) is 0 Å². The first kappa shape index (κ1) is 13.5. The smallest absolute Gasteiger partial charge is 0.263 e. The second kappa shape index (κ2) is 5.16. The highest BCUT2D eigenvalue weighted by atomic mass is 16.2. The highest BCUT2D eigenvalue weighted by Gasteiger charge is 2.43. The molecule has 0 radical (unpaired) electrons. The van der Waals surface area contributed by atoms with Crippen LogP contribution >= 0.6 is 0 Å². The molecule has 1 heterocycles. The Morgan fingerprint density at radius 3 is 2.52 bits per heavy atom. The van der Waals surface area contributed by atoms with Gasteiger partial charge in [0.05, 0.1) is 6.54 Å². The molecule has 0 aromatic heterocycles. The van der Waals surface area contributed by atoms with Gasteiger partial charge in [0.25, 0.3) is 0 Å². The van der Waals surface area contributed by atoms with Crippen LogP contribution in [0.3, 0.4) is 0 Å². The highest BCUT2D eigenvalue weighted by Crippen LogP contribution is 2.24. The first-order valence-electron chi connectivity index (χ1n) is 7.00. The number of imide groups is 2. The van der Waals surface area contributed by atoms with E-state index in [4.69, 9.17) is 0 Å². The van der Waals surface area contributed by atoms with Crippen molar-refractivity contribution >= 4 is 17.8 Å². The van der Waals surface area contributed by atoms with Crippen molar-refractivity contribution in [1.29, 1.82) is 0 Å². The molecule has 2 aliphatic rings. The molecule has 1 aliphatic carbocycles. The van der Waals surface area contributed by atoms with E-state index in [1.807, 2.05) is 18.2 Å². The second-order valence-electron chi connectivity index (χ2n) is 5.33. The van der Waals surface area contributed by atoms with Gasteiger partial charge in [-0.25, -0.2) is 4.79 Å². The third-order valence-electron chi connectivity index (χ3n) is 3.95. The van der Waals surface area contributed by atoms with Gasteiger partial charge in [-0.2, -0.15) is 0 Å². The number of hydrogen-bond acceptors (Lipinski definition) is 3. The topological polar surface area (TPSA) is 57.7 Å². The van der Waals surface area contributed by atoms with Crippen molar-refractivity contribution in [2.45, 2.75) is 25.8 Å². The zero-order chi connectivity index (χ0) is 15.0. The third kappa shape index (κ3) is 2.24. The third-order valence-corrected chi connectivity index (χ3v) is 3.95. The lowest BCUT2D eigenvalue weighted by molar-refractivity contribution is -0.143. The fraction of sp³-hybridized carbons (Fsp3) is 0.312. The fourth-order valence-electron chi connectivity index (χ4n) is 2.89. The van der Waals surface area contributed by atoms with Crippen LogP contribution < -0.4 is 0 Å². The van der Waals surface area contributed by atoms with Gasteiger partial charge in [-0.3, -0.25) is 19.4 Å². The minimum Gasteiger partial charge on any atom is -0.263 e. The van der Waals surface area contributed by atoms with Crippen LogP contribution in [0.2, 0.25) is 0 Å². The molecule has 108 valence electrons. The molecular formula is C16H16N2O3. The Kier molecular flexibility index (Phi) is 3.33. The van der Waals surface area contributed by atoms with E-state index in [0.717, 1.165) is 34.6 Å². The van der Waals surface area contributed by atoms with Gasteiger partial charge >= 0.3 is 17.8 Å². The van der Waals surface area contributed by atoms with Gasteiger partial charge in [-0.15, -0.1) is 6.58 Å². The number of fused-ring (bicyclic) bond motifs is 1. The van der Waals surface area contributed by atoms with Crippen LogP contribution in [0.1, 0.15) is 23.1 Å². The standard InChI is InChI=1S/C16H16N2O3/c1-2-8-17-14(19)15(20)18(16(17)21)10-11-6-7-12-4-3-5-13(12)9-11/h2,6-7,9H,1,3-5,8,10H2. The summed E-state index contributed by atoms with van der Waals surface area (Å²) in [4.78, 5) is 37.7. The molecule has 1 aromatic rings. The fourth-order valence-corrected chi connectivity index (χ4v) is 2.89. The normalized spacial score (nSPS) is 17.6. The Hall–Kier alpha value is -2.43. The molecule has 0 saturated carbocycles. The van der Waals surface area contributed by atoms with E-state index in [9.17, 15) is 14.4 Å². The van der Waals surface area contributed by atoms with Crippen molar-refractivity contribution in [2.24, 2.45) is 0 Å². The van der Waals surface area contributed by atoms with Crippen LogP contribution in [0.5, 0.6) is 0 Å². The summed E-state index contributed by atoms with van der Waals surface area (Å²) in [7, 11) is 0. The Morgan fingerprint density at radius 1 is 1.05 bits per heavy atom. The zero-order valence-corrected chi connectivity index (χ0v) is 11.7. The summed E-state index contributed by atoms with van der Waals surface area (Å²) in [6, 6.07) is 5.44. The minimum absolute atomic E-state index is 0.0596. The number of nitrogens with zero attached hydrogens (tertiary/aromatic N) is 2. The lowest BCUT2D eigenvalue weighted by atomic mass is 10.1. The van der Waals surface area contributed by atoms with Crippen molar-refractivity contribution in [2.75, 3.05) is 6.54 Å². The molecule has 5 nitrogen and oxygen atoms in total. The summed E-state index contributed by atoms with van der Waals surface area (Å²) in [6.45, 7) is 3.69. The quantitative estimate of drug-likeness (QED) is 0.480. The predicted octanol–water partition coefficient (Wildman–Crippen LogP) is 1.65. The molecule has 4 amide bonds. The molecule has 21 heavy (non-hydrogen) atoms. The number of carbonyl (C=O) groups is 3. The van der Waals surface area contributed by atoms with Gasteiger partial charge < -0.3 is 0 Å². The van der Waals surface area contributed by atoms with E-state index in [0.29, 0.717) is 0 Å². The first-order valence-corrected chi connectivity index (χ1v) is 7.00. The molecule has 0 N–H and O–H groups in total. The van der Waals surface area contributed by atoms with Gasteiger partial charge in [-0.1, -0.05) is 24.3 Å². The van der Waals surface area contributed by atoms with E-state index >= 15 is 0 Å². The summed E-state index contributed by atoms with van der Waals surface area (Å²) in [5.41, 5.74) is 3.49. The zero-order valence-electron chi connectivity index (χ0n) is 11.7. The first-order chi connectivity index (χ1) is 10.1. The van der Waals surface area contributed by atoms with Crippen LogP contribution in [0.15, 0.2) is 30.9 Å². The maximum atomic E-state index is 12.1. The number of aryl methyl sites for hydroxylation is 2. The number of amides is 4. The lowest BCUT2D eigenvalue weighted by Crippen LogP contribution is -2.33. The van der Waals surface area contributed by atoms with Crippen LogP contribution in [-0.2, 0) is 29.0 Å². The van der Waals surface area contributed by atoms with Crippen molar-refractivity contribution in [1.82, 2.24) is 9.80 Å².